The van der Waals surface area contributed by atoms with Crippen LogP contribution in [0, 0.1) is 5.41 Å². The lowest BCUT2D eigenvalue weighted by Gasteiger charge is -2.38. The van der Waals surface area contributed by atoms with Gasteiger partial charge in [0.05, 0.1) is 6.04 Å². The fraction of sp³-hybridized carbons (Fsp3) is 0.529. The van der Waals surface area contributed by atoms with Crippen LogP contribution in [-0.4, -0.2) is 27.7 Å². The van der Waals surface area contributed by atoms with Crippen LogP contribution in [0.1, 0.15) is 45.7 Å². The van der Waals surface area contributed by atoms with E-state index in [0.717, 1.165) is 5.56 Å². The van der Waals surface area contributed by atoms with Gasteiger partial charge in [-0.15, -0.1) is 0 Å². The molecule has 4 heteroatoms. The average molecular weight is 305 g/mol. The molecule has 1 aliphatic heterocycles. The largest absolute Gasteiger partial charge is 0.334 e. The molecule has 3 nitrogen and oxygen atoms in total. The van der Waals surface area contributed by atoms with Gasteiger partial charge in [-0.2, -0.15) is 0 Å². The first kappa shape index (κ1) is 16.1. The molecule has 1 aliphatic rings. The van der Waals surface area contributed by atoms with Crippen LogP contribution in [0.3, 0.4) is 0 Å². The lowest BCUT2D eigenvalue weighted by atomic mass is 9.81. The van der Waals surface area contributed by atoms with Gasteiger partial charge < -0.3 is 4.90 Å². The Bertz CT molecular complexity index is 521. The van der Waals surface area contributed by atoms with Crippen molar-refractivity contribution in [2.75, 3.05) is 6.54 Å². The van der Waals surface area contributed by atoms with Crippen molar-refractivity contribution in [3.05, 3.63) is 35.9 Å². The molecule has 1 aromatic carbocycles. The third-order valence-corrected chi connectivity index (χ3v) is 4.68. The van der Waals surface area contributed by atoms with Crippen LogP contribution < -0.4 is 0 Å². The summed E-state index contributed by atoms with van der Waals surface area (Å²) in [4.78, 5) is 25.7. The first-order valence-electron chi connectivity index (χ1n) is 7.30. The molecule has 0 spiro atoms. The Labute approximate surface area is 131 Å². The Balaban J connectivity index is 2.27. The van der Waals surface area contributed by atoms with E-state index in [1.165, 1.54) is 11.8 Å². The van der Waals surface area contributed by atoms with Crippen LogP contribution in [-0.2, 0) is 9.59 Å². The van der Waals surface area contributed by atoms with Crippen molar-refractivity contribution in [2.45, 2.75) is 45.4 Å². The molecule has 2 atom stereocenters. The Morgan fingerprint density at radius 2 is 1.90 bits per heavy atom. The van der Waals surface area contributed by atoms with Gasteiger partial charge in [-0.3, -0.25) is 9.59 Å². The highest BCUT2D eigenvalue weighted by molar-refractivity contribution is 8.14. The van der Waals surface area contributed by atoms with E-state index in [2.05, 4.69) is 32.9 Å². The summed E-state index contributed by atoms with van der Waals surface area (Å²) in [6.07, 6.45) is 0.462. The highest BCUT2D eigenvalue weighted by atomic mass is 32.2. The monoisotopic (exact) mass is 305 g/mol. The predicted molar refractivity (Wildman–Crippen MR) is 87.0 cm³/mol. The van der Waals surface area contributed by atoms with Gasteiger partial charge >= 0.3 is 0 Å². The SMILES string of the molecule is CC(=O)SC1CC(=O)N(C(c2ccccc2)C(C)(C)C)C1. The summed E-state index contributed by atoms with van der Waals surface area (Å²) in [5.74, 6) is 0.150. The predicted octanol–water partition coefficient (Wildman–Crippen LogP) is 3.65. The Morgan fingerprint density at radius 1 is 1.29 bits per heavy atom. The quantitative estimate of drug-likeness (QED) is 0.855. The van der Waals surface area contributed by atoms with Crippen molar-refractivity contribution < 1.29 is 9.59 Å². The maximum Gasteiger partial charge on any atom is 0.224 e. The van der Waals surface area contributed by atoms with E-state index >= 15 is 0 Å². The highest BCUT2D eigenvalue weighted by Gasteiger charge is 2.40. The molecule has 0 radical (unpaired) electrons. The summed E-state index contributed by atoms with van der Waals surface area (Å²) >= 11 is 1.29. The van der Waals surface area contributed by atoms with Crippen molar-refractivity contribution in [1.82, 2.24) is 4.90 Å². The lowest BCUT2D eigenvalue weighted by Crippen LogP contribution is -2.38. The van der Waals surface area contributed by atoms with Crippen molar-refractivity contribution in [3.8, 4) is 0 Å². The van der Waals surface area contributed by atoms with Crippen LogP contribution in [0.5, 0.6) is 0 Å². The number of amides is 1. The van der Waals surface area contributed by atoms with Crippen LogP contribution >= 0.6 is 11.8 Å². The summed E-state index contributed by atoms with van der Waals surface area (Å²) in [6.45, 7) is 8.69. The molecule has 114 valence electrons. The van der Waals surface area contributed by atoms with Crippen molar-refractivity contribution in [2.24, 2.45) is 5.41 Å². The van der Waals surface area contributed by atoms with Crippen molar-refractivity contribution in [1.29, 1.82) is 0 Å². The molecule has 21 heavy (non-hydrogen) atoms. The lowest BCUT2D eigenvalue weighted by molar-refractivity contribution is -0.132. The van der Waals surface area contributed by atoms with Crippen LogP contribution in [0.15, 0.2) is 30.3 Å². The van der Waals surface area contributed by atoms with Gasteiger partial charge in [0.25, 0.3) is 0 Å². The zero-order valence-electron chi connectivity index (χ0n) is 13.1. The van der Waals surface area contributed by atoms with Crippen LogP contribution in [0.4, 0.5) is 0 Å². The van der Waals surface area contributed by atoms with Gasteiger partial charge in [0, 0.05) is 25.1 Å². The van der Waals surface area contributed by atoms with Crippen molar-refractivity contribution in [3.63, 3.8) is 0 Å². The highest BCUT2D eigenvalue weighted by Crippen LogP contribution is 2.41. The summed E-state index contributed by atoms with van der Waals surface area (Å²) < 4.78 is 0. The van der Waals surface area contributed by atoms with Gasteiger partial charge in [0.1, 0.15) is 0 Å². The Kier molecular flexibility index (Phi) is 4.77. The average Bonchev–Trinajstić information content (AvgIpc) is 2.69. The number of likely N-dealkylation sites (tertiary alicyclic amines) is 1. The van der Waals surface area contributed by atoms with Gasteiger partial charge in [-0.1, -0.05) is 62.9 Å². The van der Waals surface area contributed by atoms with E-state index < -0.39 is 0 Å². The maximum atomic E-state index is 12.4. The fourth-order valence-electron chi connectivity index (χ4n) is 3.04. The molecule has 0 aromatic heterocycles. The molecular weight excluding hydrogens is 282 g/mol. The molecule has 1 aromatic rings. The number of benzene rings is 1. The first-order chi connectivity index (χ1) is 9.79. The Morgan fingerprint density at radius 3 is 2.43 bits per heavy atom. The summed E-state index contributed by atoms with van der Waals surface area (Å²) in [7, 11) is 0. The standard InChI is InChI=1S/C17H23NO2S/c1-12(19)21-14-10-15(20)18(11-14)16(17(2,3)4)13-8-6-5-7-9-13/h5-9,14,16H,10-11H2,1-4H3. The van der Waals surface area contributed by atoms with Crippen molar-refractivity contribution >= 4 is 22.8 Å². The minimum atomic E-state index is -0.0488. The molecule has 0 aliphatic carbocycles. The third kappa shape index (κ3) is 3.88. The molecule has 0 bridgehead atoms. The minimum absolute atomic E-state index is 0.0451. The van der Waals surface area contributed by atoms with E-state index in [0.29, 0.717) is 13.0 Å². The van der Waals surface area contributed by atoms with Gasteiger partial charge in [-0.25, -0.2) is 0 Å². The van der Waals surface area contributed by atoms with Gasteiger partial charge in [0.2, 0.25) is 5.91 Å². The number of hydrogen-bond acceptors (Lipinski definition) is 3. The molecule has 1 heterocycles. The minimum Gasteiger partial charge on any atom is -0.334 e. The molecule has 1 fully saturated rings. The summed E-state index contributed by atoms with van der Waals surface area (Å²) in [5, 5.41) is 0.172. The van der Waals surface area contributed by atoms with Gasteiger partial charge in [-0.05, 0) is 11.0 Å². The second-order valence-electron chi connectivity index (χ2n) is 6.66. The normalized spacial score (nSPS) is 20.7. The van der Waals surface area contributed by atoms with E-state index in [9.17, 15) is 9.59 Å². The molecule has 2 unspecified atom stereocenters. The second-order valence-corrected chi connectivity index (χ2v) is 8.14. The van der Waals surface area contributed by atoms with Crippen LogP contribution in [0.25, 0.3) is 0 Å². The molecule has 0 N–H and O–H groups in total. The molecular formula is C17H23NO2S. The number of hydrogen-bond donors (Lipinski definition) is 0. The number of rotatable bonds is 3. The topological polar surface area (TPSA) is 37.4 Å². The number of nitrogens with zero attached hydrogens (tertiary/aromatic N) is 1. The van der Waals surface area contributed by atoms with Gasteiger partial charge in [0.15, 0.2) is 5.12 Å². The molecule has 1 saturated heterocycles. The number of carbonyl (C=O) groups is 2. The molecule has 0 saturated carbocycles. The van der Waals surface area contributed by atoms with E-state index in [-0.39, 0.29) is 27.7 Å². The number of carbonyl (C=O) groups excluding carboxylic acids is 2. The smallest absolute Gasteiger partial charge is 0.224 e. The molecule has 1 amide bonds. The number of thioether (sulfide) groups is 1. The van der Waals surface area contributed by atoms with Crippen LogP contribution in [0.2, 0.25) is 0 Å². The van der Waals surface area contributed by atoms with E-state index in [1.807, 2.05) is 23.1 Å². The third-order valence-electron chi connectivity index (χ3n) is 3.70. The van der Waals surface area contributed by atoms with E-state index in [1.54, 1.807) is 6.92 Å². The maximum absolute atomic E-state index is 12.4. The first-order valence-corrected chi connectivity index (χ1v) is 8.18. The van der Waals surface area contributed by atoms with E-state index in [4.69, 9.17) is 0 Å². The zero-order chi connectivity index (χ0) is 15.6. The fourth-order valence-corrected chi connectivity index (χ4v) is 3.97. The summed E-state index contributed by atoms with van der Waals surface area (Å²) in [5.41, 5.74) is 1.11. The molecule has 2 rings (SSSR count). The zero-order valence-corrected chi connectivity index (χ0v) is 13.9. The second kappa shape index (κ2) is 6.22. The Hall–Kier alpha value is -1.29. The summed E-state index contributed by atoms with van der Waals surface area (Å²) in [6, 6.07) is 10.2.